The van der Waals surface area contributed by atoms with Gasteiger partial charge in [0.05, 0.1) is 26.4 Å². The maximum absolute atomic E-state index is 12.5. The Kier molecular flexibility index (Phi) is 6.81. The van der Waals surface area contributed by atoms with Gasteiger partial charge in [0.15, 0.2) is 18.1 Å². The van der Waals surface area contributed by atoms with E-state index in [0.717, 1.165) is 0 Å². The number of hydrogen-bond acceptors (Lipinski definition) is 7. The highest BCUT2D eigenvalue weighted by atomic mass is 16.5. The van der Waals surface area contributed by atoms with Crippen molar-refractivity contribution in [1.29, 1.82) is 0 Å². The van der Waals surface area contributed by atoms with Crippen LogP contribution in [0.3, 0.4) is 0 Å². The van der Waals surface area contributed by atoms with Crippen LogP contribution in [0.25, 0.3) is 0 Å². The molecular formula is C20H23NO7. The normalized spacial score (nSPS) is 10.3. The van der Waals surface area contributed by atoms with Crippen LogP contribution >= 0.6 is 0 Å². The van der Waals surface area contributed by atoms with E-state index >= 15 is 0 Å². The molecular weight excluding hydrogens is 366 g/mol. The highest BCUT2D eigenvalue weighted by Crippen LogP contribution is 2.28. The van der Waals surface area contributed by atoms with E-state index < -0.39 is 24.3 Å². The molecule has 0 radical (unpaired) electrons. The molecule has 0 atom stereocenters. The average Bonchev–Trinajstić information content (AvgIpc) is 2.99. The number of nitrogens with one attached hydrogen (secondary N) is 1. The number of carbonyl (C=O) groups excluding carboxylic acids is 3. The number of ether oxygens (including phenoxy) is 4. The van der Waals surface area contributed by atoms with Crippen LogP contribution in [0.4, 0.5) is 0 Å². The predicted molar refractivity (Wildman–Crippen MR) is 100 cm³/mol. The average molecular weight is 389 g/mol. The number of ketones is 1. The second-order valence-corrected chi connectivity index (χ2v) is 5.91. The topological polar surface area (TPSA) is 104 Å². The summed E-state index contributed by atoms with van der Waals surface area (Å²) in [5.41, 5.74) is 1.72. The van der Waals surface area contributed by atoms with Crippen molar-refractivity contribution >= 4 is 17.7 Å². The second-order valence-electron chi connectivity index (χ2n) is 5.91. The number of aromatic nitrogens is 1. The molecule has 0 spiro atoms. The predicted octanol–water partition coefficient (Wildman–Crippen LogP) is 2.87. The summed E-state index contributed by atoms with van der Waals surface area (Å²) in [6.07, 6.45) is 0. The van der Waals surface area contributed by atoms with Crippen molar-refractivity contribution in [3.05, 3.63) is 46.3 Å². The number of benzene rings is 1. The zero-order chi connectivity index (χ0) is 20.8. The zero-order valence-electron chi connectivity index (χ0n) is 16.5. The second kappa shape index (κ2) is 9.07. The van der Waals surface area contributed by atoms with Crippen LogP contribution in [-0.4, -0.2) is 50.1 Å². The Morgan fingerprint density at radius 2 is 1.64 bits per heavy atom. The van der Waals surface area contributed by atoms with Crippen LogP contribution in [0.1, 0.15) is 49.4 Å². The third-order valence-corrected chi connectivity index (χ3v) is 4.15. The molecule has 2 aromatic rings. The number of H-pyrrole nitrogens is 1. The van der Waals surface area contributed by atoms with E-state index in [1.54, 1.807) is 26.8 Å². The number of methoxy groups -OCH3 is 2. The fraction of sp³-hybridized carbons (Fsp3) is 0.350. The van der Waals surface area contributed by atoms with E-state index in [9.17, 15) is 14.4 Å². The fourth-order valence-electron chi connectivity index (χ4n) is 2.83. The van der Waals surface area contributed by atoms with Gasteiger partial charge in [-0.25, -0.2) is 9.59 Å². The van der Waals surface area contributed by atoms with E-state index in [0.29, 0.717) is 28.3 Å². The molecule has 2 rings (SSSR count). The molecule has 0 aliphatic heterocycles. The Morgan fingerprint density at radius 1 is 0.964 bits per heavy atom. The SMILES string of the molecule is CCOC(=O)c1[nH]c(C)c(C(=O)COC(=O)c2ccc(OC)c(OC)c2)c1C. The van der Waals surface area contributed by atoms with E-state index in [-0.39, 0.29) is 17.9 Å². The van der Waals surface area contributed by atoms with Gasteiger partial charge in [0.2, 0.25) is 5.78 Å². The van der Waals surface area contributed by atoms with E-state index in [2.05, 4.69) is 4.98 Å². The molecule has 1 heterocycles. The van der Waals surface area contributed by atoms with Crippen LogP contribution in [0.2, 0.25) is 0 Å². The molecule has 1 N–H and O–H groups in total. The minimum atomic E-state index is -0.675. The first-order chi connectivity index (χ1) is 13.3. The van der Waals surface area contributed by atoms with E-state index in [1.807, 2.05) is 0 Å². The van der Waals surface area contributed by atoms with Gasteiger partial charge in [-0.15, -0.1) is 0 Å². The van der Waals surface area contributed by atoms with Crippen LogP contribution < -0.4 is 9.47 Å². The maximum atomic E-state index is 12.5. The number of aromatic amines is 1. The van der Waals surface area contributed by atoms with Crippen molar-refractivity contribution in [1.82, 2.24) is 4.98 Å². The van der Waals surface area contributed by atoms with Gasteiger partial charge >= 0.3 is 11.9 Å². The van der Waals surface area contributed by atoms with Gasteiger partial charge in [0.1, 0.15) is 5.69 Å². The van der Waals surface area contributed by atoms with Gasteiger partial charge in [-0.3, -0.25) is 4.79 Å². The first kappa shape index (κ1) is 21.0. The molecule has 0 bridgehead atoms. The number of aryl methyl sites for hydroxylation is 1. The van der Waals surface area contributed by atoms with Crippen LogP contribution in [-0.2, 0) is 9.47 Å². The minimum Gasteiger partial charge on any atom is -0.493 e. The van der Waals surface area contributed by atoms with Crippen molar-refractivity contribution < 1.29 is 33.3 Å². The molecule has 0 fully saturated rings. The first-order valence-corrected chi connectivity index (χ1v) is 8.62. The molecule has 1 aromatic heterocycles. The van der Waals surface area contributed by atoms with Crippen molar-refractivity contribution in [2.45, 2.75) is 20.8 Å². The maximum Gasteiger partial charge on any atom is 0.355 e. The number of hydrogen-bond donors (Lipinski definition) is 1. The van der Waals surface area contributed by atoms with Gasteiger partial charge in [0, 0.05) is 11.3 Å². The Bertz CT molecular complexity index is 898. The van der Waals surface area contributed by atoms with E-state index in [4.69, 9.17) is 18.9 Å². The molecule has 8 nitrogen and oxygen atoms in total. The third-order valence-electron chi connectivity index (χ3n) is 4.15. The zero-order valence-corrected chi connectivity index (χ0v) is 16.5. The largest absolute Gasteiger partial charge is 0.493 e. The van der Waals surface area contributed by atoms with Gasteiger partial charge in [-0.1, -0.05) is 0 Å². The lowest BCUT2D eigenvalue weighted by molar-refractivity contribution is 0.0472. The van der Waals surface area contributed by atoms with Crippen molar-refractivity contribution in [2.24, 2.45) is 0 Å². The molecule has 0 unspecified atom stereocenters. The summed E-state index contributed by atoms with van der Waals surface area (Å²) in [7, 11) is 2.94. The molecule has 0 aliphatic rings. The molecule has 150 valence electrons. The quantitative estimate of drug-likeness (QED) is 0.547. The lowest BCUT2D eigenvalue weighted by Crippen LogP contribution is -2.16. The molecule has 8 heteroatoms. The lowest BCUT2D eigenvalue weighted by atomic mass is 10.1. The molecule has 28 heavy (non-hydrogen) atoms. The summed E-state index contributed by atoms with van der Waals surface area (Å²) in [6.45, 7) is 4.76. The van der Waals surface area contributed by atoms with Crippen molar-refractivity contribution in [2.75, 3.05) is 27.4 Å². The lowest BCUT2D eigenvalue weighted by Gasteiger charge is -2.09. The van der Waals surface area contributed by atoms with Crippen LogP contribution in [0, 0.1) is 13.8 Å². The summed E-state index contributed by atoms with van der Waals surface area (Å²) < 4.78 is 20.4. The van der Waals surface area contributed by atoms with E-state index in [1.165, 1.54) is 26.4 Å². The smallest absolute Gasteiger partial charge is 0.355 e. The summed E-state index contributed by atoms with van der Waals surface area (Å²) in [5.74, 6) is -0.786. The van der Waals surface area contributed by atoms with Gasteiger partial charge in [0.25, 0.3) is 0 Å². The van der Waals surface area contributed by atoms with Crippen molar-refractivity contribution in [3.63, 3.8) is 0 Å². The fourth-order valence-corrected chi connectivity index (χ4v) is 2.83. The monoisotopic (exact) mass is 389 g/mol. The number of carbonyl (C=O) groups is 3. The Labute approximate surface area is 162 Å². The summed E-state index contributed by atoms with van der Waals surface area (Å²) in [4.78, 5) is 39.6. The Morgan fingerprint density at radius 3 is 2.25 bits per heavy atom. The molecule has 0 saturated carbocycles. The highest BCUT2D eigenvalue weighted by molar-refractivity contribution is 6.04. The van der Waals surface area contributed by atoms with Crippen LogP contribution in [0.5, 0.6) is 11.5 Å². The van der Waals surface area contributed by atoms with Gasteiger partial charge in [-0.2, -0.15) is 0 Å². The van der Waals surface area contributed by atoms with Crippen LogP contribution in [0.15, 0.2) is 18.2 Å². The Balaban J connectivity index is 2.12. The Hall–Kier alpha value is -3.29. The summed E-state index contributed by atoms with van der Waals surface area (Å²) >= 11 is 0. The molecule has 0 aliphatic carbocycles. The van der Waals surface area contributed by atoms with Gasteiger partial charge < -0.3 is 23.9 Å². The summed E-state index contributed by atoms with van der Waals surface area (Å²) in [6, 6.07) is 4.56. The summed E-state index contributed by atoms with van der Waals surface area (Å²) in [5, 5.41) is 0. The number of esters is 2. The molecule has 1 aromatic carbocycles. The number of rotatable bonds is 8. The minimum absolute atomic E-state index is 0.217. The molecule has 0 amide bonds. The first-order valence-electron chi connectivity index (χ1n) is 8.62. The van der Waals surface area contributed by atoms with Gasteiger partial charge in [-0.05, 0) is 44.5 Å². The third kappa shape index (κ3) is 4.33. The molecule has 0 saturated heterocycles. The standard InChI is InChI=1S/C20H23NO7/c1-6-27-20(24)18-11(2)17(12(3)21-18)14(22)10-28-19(23)13-7-8-15(25-4)16(9-13)26-5/h7-9,21H,6,10H2,1-5H3. The highest BCUT2D eigenvalue weighted by Gasteiger charge is 2.23. The number of Topliss-reactive ketones (excluding diaryl/α,β-unsaturated/α-hetero) is 1. The van der Waals surface area contributed by atoms with Crippen molar-refractivity contribution in [3.8, 4) is 11.5 Å².